The zero-order valence-electron chi connectivity index (χ0n) is 9.13. The first-order valence-corrected chi connectivity index (χ1v) is 5.18. The first kappa shape index (κ1) is 11.6. The fraction of sp³-hybridized carbons (Fsp3) is 0.455. The number of hydrogen-bond donors (Lipinski definition) is 1. The molecule has 1 rings (SSSR count). The Balaban J connectivity index is 3.15. The van der Waals surface area contributed by atoms with Crippen LogP contribution in [0, 0.1) is 0 Å². The summed E-state index contributed by atoms with van der Waals surface area (Å²) in [6, 6.07) is 5.76. The molecule has 1 N–H and O–H groups in total. The van der Waals surface area contributed by atoms with Crippen molar-refractivity contribution in [1.82, 2.24) is 0 Å². The van der Waals surface area contributed by atoms with Gasteiger partial charge in [-0.05, 0) is 22.5 Å². The Morgan fingerprint density at radius 3 is 2.21 bits per heavy atom. The maximum atomic E-state index is 9.38. The van der Waals surface area contributed by atoms with Crippen LogP contribution in [-0.2, 0) is 5.41 Å². The molecular formula is C11H16BClO. The predicted molar refractivity (Wildman–Crippen MR) is 63.6 cm³/mol. The van der Waals surface area contributed by atoms with Gasteiger partial charge in [0, 0.05) is 5.02 Å². The minimum absolute atomic E-state index is 0.0499. The standard InChI is InChI=1S/C11H16BClO/c1-11(2,3)9-6-5-8(12(4)14)7-10(9)13/h5-7,14H,1-4H3. The quantitative estimate of drug-likeness (QED) is 0.706. The van der Waals surface area contributed by atoms with Crippen molar-refractivity contribution in [2.75, 3.05) is 0 Å². The van der Waals surface area contributed by atoms with Crippen molar-refractivity contribution in [2.45, 2.75) is 33.0 Å². The topological polar surface area (TPSA) is 20.2 Å². The summed E-state index contributed by atoms with van der Waals surface area (Å²) in [6.45, 7) is 7.65. The Morgan fingerprint density at radius 2 is 1.86 bits per heavy atom. The van der Waals surface area contributed by atoms with Crippen LogP contribution in [0.2, 0.25) is 11.8 Å². The summed E-state index contributed by atoms with van der Waals surface area (Å²) >= 11 is 6.15. The Kier molecular flexibility index (Phi) is 3.28. The molecule has 0 aliphatic heterocycles. The van der Waals surface area contributed by atoms with E-state index < -0.39 is 6.92 Å². The van der Waals surface area contributed by atoms with E-state index in [1.807, 2.05) is 18.2 Å². The molecule has 76 valence electrons. The van der Waals surface area contributed by atoms with Crippen molar-refractivity contribution < 1.29 is 5.02 Å². The lowest BCUT2D eigenvalue weighted by Gasteiger charge is -2.21. The fourth-order valence-corrected chi connectivity index (χ4v) is 1.87. The molecule has 0 aliphatic carbocycles. The van der Waals surface area contributed by atoms with Crippen LogP contribution < -0.4 is 5.46 Å². The molecular weight excluding hydrogens is 194 g/mol. The van der Waals surface area contributed by atoms with Crippen LogP contribution in [0.15, 0.2) is 18.2 Å². The Morgan fingerprint density at radius 1 is 1.29 bits per heavy atom. The maximum Gasteiger partial charge on any atom is 0.320 e. The zero-order valence-corrected chi connectivity index (χ0v) is 9.89. The molecule has 0 saturated heterocycles. The molecule has 0 spiro atoms. The highest BCUT2D eigenvalue weighted by atomic mass is 35.5. The van der Waals surface area contributed by atoms with Crippen LogP contribution in [0.25, 0.3) is 0 Å². The van der Waals surface area contributed by atoms with Crippen molar-refractivity contribution >= 4 is 24.0 Å². The number of halogens is 1. The molecule has 0 unspecified atom stereocenters. The second-order valence-electron chi connectivity index (χ2n) is 4.67. The van der Waals surface area contributed by atoms with Gasteiger partial charge >= 0.3 is 6.92 Å². The lowest BCUT2D eigenvalue weighted by atomic mass is 9.64. The van der Waals surface area contributed by atoms with Crippen molar-refractivity contribution in [3.63, 3.8) is 0 Å². The van der Waals surface area contributed by atoms with Gasteiger partial charge in [0.2, 0.25) is 0 Å². The predicted octanol–water partition coefficient (Wildman–Crippen LogP) is 2.46. The summed E-state index contributed by atoms with van der Waals surface area (Å²) in [5.41, 5.74) is 2.03. The minimum atomic E-state index is -0.457. The number of rotatable bonds is 1. The Bertz CT molecular complexity index is 329. The van der Waals surface area contributed by atoms with Gasteiger partial charge < -0.3 is 5.02 Å². The van der Waals surface area contributed by atoms with Crippen LogP contribution in [0.4, 0.5) is 0 Å². The highest BCUT2D eigenvalue weighted by Crippen LogP contribution is 2.28. The first-order chi connectivity index (χ1) is 6.32. The summed E-state index contributed by atoms with van der Waals surface area (Å²) in [5.74, 6) is 0. The largest absolute Gasteiger partial charge is 0.447 e. The third kappa shape index (κ3) is 2.52. The Hall–Kier alpha value is -0.465. The normalized spacial score (nSPS) is 11.6. The van der Waals surface area contributed by atoms with Crippen LogP contribution in [0.3, 0.4) is 0 Å². The third-order valence-corrected chi connectivity index (χ3v) is 2.60. The van der Waals surface area contributed by atoms with Gasteiger partial charge in [0.15, 0.2) is 0 Å². The lowest BCUT2D eigenvalue weighted by Crippen LogP contribution is -2.27. The van der Waals surface area contributed by atoms with Gasteiger partial charge in [-0.1, -0.05) is 51.3 Å². The van der Waals surface area contributed by atoms with E-state index in [0.717, 1.165) is 16.0 Å². The monoisotopic (exact) mass is 210 g/mol. The molecule has 1 aromatic carbocycles. The average Bonchev–Trinajstić information content (AvgIpc) is 2.01. The van der Waals surface area contributed by atoms with Crippen molar-refractivity contribution in [2.24, 2.45) is 0 Å². The fourth-order valence-electron chi connectivity index (χ4n) is 1.40. The van der Waals surface area contributed by atoms with E-state index in [4.69, 9.17) is 11.6 Å². The second-order valence-corrected chi connectivity index (χ2v) is 5.07. The van der Waals surface area contributed by atoms with Gasteiger partial charge in [-0.15, -0.1) is 0 Å². The van der Waals surface area contributed by atoms with E-state index in [-0.39, 0.29) is 5.41 Å². The van der Waals surface area contributed by atoms with Gasteiger partial charge in [-0.25, -0.2) is 0 Å². The summed E-state index contributed by atoms with van der Waals surface area (Å²) in [4.78, 5) is 0. The highest BCUT2D eigenvalue weighted by molar-refractivity contribution is 6.65. The molecule has 3 heteroatoms. The molecule has 0 aliphatic rings. The molecule has 0 bridgehead atoms. The number of hydrogen-bond acceptors (Lipinski definition) is 1. The molecule has 0 saturated carbocycles. The van der Waals surface area contributed by atoms with E-state index in [1.165, 1.54) is 0 Å². The lowest BCUT2D eigenvalue weighted by molar-refractivity contribution is 0.588. The van der Waals surface area contributed by atoms with E-state index in [2.05, 4.69) is 20.8 Å². The van der Waals surface area contributed by atoms with Crippen molar-refractivity contribution in [3.05, 3.63) is 28.8 Å². The van der Waals surface area contributed by atoms with E-state index in [1.54, 1.807) is 6.82 Å². The molecule has 0 atom stereocenters. The van der Waals surface area contributed by atoms with Gasteiger partial charge in [-0.2, -0.15) is 0 Å². The average molecular weight is 211 g/mol. The van der Waals surface area contributed by atoms with Gasteiger partial charge in [-0.3, -0.25) is 0 Å². The van der Waals surface area contributed by atoms with Gasteiger partial charge in [0.1, 0.15) is 0 Å². The molecule has 0 heterocycles. The number of benzene rings is 1. The summed E-state index contributed by atoms with van der Waals surface area (Å²) in [5, 5.41) is 10.1. The van der Waals surface area contributed by atoms with Crippen molar-refractivity contribution in [1.29, 1.82) is 0 Å². The van der Waals surface area contributed by atoms with Crippen LogP contribution >= 0.6 is 11.6 Å². The summed E-state index contributed by atoms with van der Waals surface area (Å²) in [7, 11) is 0. The van der Waals surface area contributed by atoms with Crippen LogP contribution in [0.5, 0.6) is 0 Å². The van der Waals surface area contributed by atoms with Crippen LogP contribution in [-0.4, -0.2) is 11.9 Å². The van der Waals surface area contributed by atoms with Gasteiger partial charge in [0.05, 0.1) is 0 Å². The molecule has 0 radical (unpaired) electrons. The van der Waals surface area contributed by atoms with E-state index in [0.29, 0.717) is 0 Å². The highest BCUT2D eigenvalue weighted by Gasteiger charge is 2.18. The molecule has 1 nitrogen and oxygen atoms in total. The van der Waals surface area contributed by atoms with Crippen LogP contribution in [0.1, 0.15) is 26.3 Å². The zero-order chi connectivity index (χ0) is 10.9. The summed E-state index contributed by atoms with van der Waals surface area (Å²) in [6.07, 6.45) is 0. The minimum Gasteiger partial charge on any atom is -0.447 e. The maximum absolute atomic E-state index is 9.38. The molecule has 0 amide bonds. The first-order valence-electron chi connectivity index (χ1n) is 4.80. The van der Waals surface area contributed by atoms with Gasteiger partial charge in [0.25, 0.3) is 0 Å². The van der Waals surface area contributed by atoms with E-state index in [9.17, 15) is 5.02 Å². The van der Waals surface area contributed by atoms with E-state index >= 15 is 0 Å². The van der Waals surface area contributed by atoms with Crippen molar-refractivity contribution in [3.8, 4) is 0 Å². The molecule has 1 aromatic rings. The third-order valence-electron chi connectivity index (χ3n) is 2.28. The molecule has 14 heavy (non-hydrogen) atoms. The molecule has 0 fully saturated rings. The summed E-state index contributed by atoms with van der Waals surface area (Å²) < 4.78 is 0. The smallest absolute Gasteiger partial charge is 0.320 e. The molecule has 0 aromatic heterocycles. The second kappa shape index (κ2) is 3.96. The Labute approximate surface area is 91.2 Å². The SMILES string of the molecule is CB(O)c1ccc(C(C)(C)C)c(Cl)c1.